The molecule has 0 unspecified atom stereocenters. The summed E-state index contributed by atoms with van der Waals surface area (Å²) in [6.45, 7) is 0.612. The van der Waals surface area contributed by atoms with E-state index >= 15 is 0 Å². The zero-order chi connectivity index (χ0) is 12.9. The number of anilines is 1. The molecule has 0 aromatic carbocycles. The molecule has 8 nitrogen and oxygen atoms in total. The number of rotatable bonds is 3. The van der Waals surface area contributed by atoms with Crippen molar-refractivity contribution in [1.29, 1.82) is 0 Å². The first kappa shape index (κ1) is 11.0. The van der Waals surface area contributed by atoms with Crippen LogP contribution in [0.2, 0.25) is 0 Å². The van der Waals surface area contributed by atoms with Gasteiger partial charge in [0.05, 0.1) is 6.67 Å². The van der Waals surface area contributed by atoms with E-state index in [1.54, 1.807) is 21.4 Å². The maximum atomic E-state index is 11.8. The van der Waals surface area contributed by atoms with E-state index in [9.17, 15) is 14.9 Å². The Bertz CT molecular complexity index is 522. The number of hydrogen-bond donors (Lipinski definition) is 0. The largest absolute Gasteiger partial charge is 0.406 e. The lowest BCUT2D eigenvalue weighted by Crippen LogP contribution is -2.29. The molecule has 1 aliphatic heterocycles. The van der Waals surface area contributed by atoms with E-state index in [0.29, 0.717) is 18.5 Å². The number of aryl methyl sites for hydroxylation is 1. The number of imidazole rings is 1. The van der Waals surface area contributed by atoms with Crippen molar-refractivity contribution in [2.75, 3.05) is 18.1 Å². The highest BCUT2D eigenvalue weighted by Crippen LogP contribution is 2.33. The minimum atomic E-state index is -0.514. The minimum Gasteiger partial charge on any atom is -0.358 e. The lowest BCUT2D eigenvalue weighted by atomic mass is 10.5. The van der Waals surface area contributed by atoms with Crippen molar-refractivity contribution in [3.63, 3.8) is 0 Å². The molecule has 1 aliphatic carbocycles. The molecule has 1 saturated heterocycles. The Morgan fingerprint density at radius 2 is 2.22 bits per heavy atom. The van der Waals surface area contributed by atoms with Crippen LogP contribution in [0, 0.1) is 10.1 Å². The van der Waals surface area contributed by atoms with Gasteiger partial charge in [0.25, 0.3) is 0 Å². The van der Waals surface area contributed by atoms with Gasteiger partial charge in [0.1, 0.15) is 6.54 Å². The van der Waals surface area contributed by atoms with Gasteiger partial charge >= 0.3 is 5.82 Å². The van der Waals surface area contributed by atoms with E-state index in [2.05, 4.69) is 4.98 Å². The van der Waals surface area contributed by atoms with Gasteiger partial charge in [-0.1, -0.05) is 0 Å². The third kappa shape index (κ3) is 1.60. The number of nitrogens with zero attached hydrogens (tertiary/aromatic N) is 5. The second-order valence-electron chi connectivity index (χ2n) is 4.69. The maximum absolute atomic E-state index is 11.8. The first-order valence-corrected chi connectivity index (χ1v) is 5.78. The van der Waals surface area contributed by atoms with Crippen LogP contribution in [-0.4, -0.2) is 44.5 Å². The summed E-state index contributed by atoms with van der Waals surface area (Å²) in [4.78, 5) is 29.5. The van der Waals surface area contributed by atoms with Crippen LogP contribution in [-0.2, 0) is 11.8 Å². The minimum absolute atomic E-state index is 0.0352. The van der Waals surface area contributed by atoms with Crippen LogP contribution >= 0.6 is 0 Å². The smallest absolute Gasteiger partial charge is 0.358 e. The van der Waals surface area contributed by atoms with E-state index in [-0.39, 0.29) is 18.3 Å². The van der Waals surface area contributed by atoms with Crippen LogP contribution in [0.4, 0.5) is 11.6 Å². The average molecular weight is 251 g/mol. The molecule has 1 amide bonds. The fourth-order valence-electron chi connectivity index (χ4n) is 2.32. The molecule has 96 valence electrons. The normalized spacial score (nSPS) is 19.7. The third-order valence-corrected chi connectivity index (χ3v) is 3.32. The monoisotopic (exact) mass is 251 g/mol. The summed E-state index contributed by atoms with van der Waals surface area (Å²) < 4.78 is 1.59. The predicted molar refractivity (Wildman–Crippen MR) is 61.9 cm³/mol. The highest BCUT2D eigenvalue weighted by Gasteiger charge is 2.41. The highest BCUT2D eigenvalue weighted by atomic mass is 16.6. The lowest BCUT2D eigenvalue weighted by Gasteiger charge is -2.18. The van der Waals surface area contributed by atoms with Crippen LogP contribution in [0.5, 0.6) is 0 Å². The van der Waals surface area contributed by atoms with E-state index < -0.39 is 4.92 Å². The number of amides is 1. The van der Waals surface area contributed by atoms with Crippen molar-refractivity contribution in [2.45, 2.75) is 18.9 Å². The SMILES string of the molecule is Cn1cnc([N+](=O)[O-])c1N1CC(=O)N(C2CC2)C1. The predicted octanol–water partition coefficient (Wildman–Crippen LogP) is 0.0968. The standard InChI is InChI=1S/C10H13N5O3/c1-12-5-11-9(15(17)18)10(12)13-4-8(16)14(6-13)7-2-3-7/h5,7H,2-4,6H2,1H3. The number of aromatic nitrogens is 2. The summed E-state index contributed by atoms with van der Waals surface area (Å²) in [6, 6.07) is 0.329. The van der Waals surface area contributed by atoms with Gasteiger partial charge in [0, 0.05) is 13.1 Å². The van der Waals surface area contributed by atoms with E-state index in [4.69, 9.17) is 0 Å². The molecule has 0 N–H and O–H groups in total. The number of carbonyl (C=O) groups excluding carboxylic acids is 1. The molecule has 2 heterocycles. The van der Waals surface area contributed by atoms with Crippen LogP contribution in [0.25, 0.3) is 0 Å². The van der Waals surface area contributed by atoms with E-state index in [0.717, 1.165) is 12.8 Å². The fraction of sp³-hybridized carbons (Fsp3) is 0.600. The van der Waals surface area contributed by atoms with Crippen molar-refractivity contribution in [3.8, 4) is 0 Å². The van der Waals surface area contributed by atoms with Gasteiger partial charge < -0.3 is 19.9 Å². The quantitative estimate of drug-likeness (QED) is 0.561. The summed E-state index contributed by atoms with van der Waals surface area (Å²) in [6.07, 6.45) is 3.47. The van der Waals surface area contributed by atoms with Crippen molar-refractivity contribution in [1.82, 2.24) is 14.5 Å². The van der Waals surface area contributed by atoms with Gasteiger partial charge in [-0.15, -0.1) is 0 Å². The van der Waals surface area contributed by atoms with Crippen molar-refractivity contribution in [3.05, 3.63) is 16.4 Å². The molecular formula is C10H13N5O3. The summed E-state index contributed by atoms with van der Waals surface area (Å²) in [5.74, 6) is 0.243. The molecule has 0 spiro atoms. The molecule has 0 radical (unpaired) electrons. The maximum Gasteiger partial charge on any atom is 0.406 e. The molecule has 2 fully saturated rings. The molecule has 8 heteroatoms. The first-order valence-electron chi connectivity index (χ1n) is 5.78. The van der Waals surface area contributed by atoms with Crippen molar-refractivity contribution in [2.24, 2.45) is 7.05 Å². The van der Waals surface area contributed by atoms with Gasteiger partial charge in [-0.25, -0.2) is 0 Å². The molecule has 2 aliphatic rings. The molecule has 1 saturated carbocycles. The van der Waals surface area contributed by atoms with Gasteiger partial charge in [0.15, 0.2) is 0 Å². The van der Waals surface area contributed by atoms with Gasteiger partial charge in [0.2, 0.25) is 18.1 Å². The Kier molecular flexibility index (Phi) is 2.25. The fourth-order valence-corrected chi connectivity index (χ4v) is 2.32. The number of hydrogen-bond acceptors (Lipinski definition) is 5. The molecule has 0 bridgehead atoms. The molecule has 1 aromatic heterocycles. The molecule has 18 heavy (non-hydrogen) atoms. The van der Waals surface area contributed by atoms with Gasteiger partial charge in [-0.2, -0.15) is 0 Å². The Morgan fingerprint density at radius 3 is 2.83 bits per heavy atom. The van der Waals surface area contributed by atoms with E-state index in [1.807, 2.05) is 0 Å². The van der Waals surface area contributed by atoms with Crippen molar-refractivity contribution < 1.29 is 9.72 Å². The zero-order valence-electron chi connectivity index (χ0n) is 9.94. The van der Waals surface area contributed by atoms with E-state index in [1.165, 1.54) is 6.33 Å². The van der Waals surface area contributed by atoms with Crippen LogP contribution in [0.3, 0.4) is 0 Å². The van der Waals surface area contributed by atoms with Crippen molar-refractivity contribution >= 4 is 17.5 Å². The highest BCUT2D eigenvalue weighted by molar-refractivity contribution is 5.85. The zero-order valence-corrected chi connectivity index (χ0v) is 9.94. The van der Waals surface area contributed by atoms with Gasteiger partial charge in [-0.3, -0.25) is 9.36 Å². The summed E-state index contributed by atoms with van der Waals surface area (Å²) >= 11 is 0. The molecule has 0 atom stereocenters. The second kappa shape index (κ2) is 3.69. The lowest BCUT2D eigenvalue weighted by molar-refractivity contribution is -0.388. The second-order valence-corrected chi connectivity index (χ2v) is 4.69. The molecule has 3 rings (SSSR count). The summed E-state index contributed by atoms with van der Waals surface area (Å²) in [7, 11) is 1.69. The van der Waals surface area contributed by atoms with Crippen LogP contribution in [0.1, 0.15) is 12.8 Å². The molecular weight excluding hydrogens is 238 g/mol. The Labute approximate surface area is 103 Å². The van der Waals surface area contributed by atoms with Gasteiger partial charge in [-0.05, 0) is 22.7 Å². The topological polar surface area (TPSA) is 84.5 Å². The Hall–Kier alpha value is -2.12. The number of carbonyl (C=O) groups is 1. The Morgan fingerprint density at radius 1 is 1.50 bits per heavy atom. The first-order chi connectivity index (χ1) is 8.58. The Balaban J connectivity index is 1.89. The summed E-state index contributed by atoms with van der Waals surface area (Å²) in [5, 5.41) is 10.9. The third-order valence-electron chi connectivity index (χ3n) is 3.32. The number of nitro groups is 1. The van der Waals surface area contributed by atoms with Crippen LogP contribution < -0.4 is 4.90 Å². The summed E-state index contributed by atoms with van der Waals surface area (Å²) in [5.41, 5.74) is 0. The average Bonchev–Trinajstić information content (AvgIpc) is 2.97. The molecule has 1 aromatic rings. The van der Waals surface area contributed by atoms with Crippen LogP contribution in [0.15, 0.2) is 6.33 Å².